The lowest BCUT2D eigenvalue weighted by Gasteiger charge is -2.38. The summed E-state index contributed by atoms with van der Waals surface area (Å²) in [4.78, 5) is 26.9. The van der Waals surface area contributed by atoms with E-state index in [0.717, 1.165) is 62.7 Å². The highest BCUT2D eigenvalue weighted by Gasteiger charge is 2.38. The summed E-state index contributed by atoms with van der Waals surface area (Å²) >= 11 is 12.8. The molecule has 2 N–H and O–H groups in total. The van der Waals surface area contributed by atoms with Crippen LogP contribution in [0.15, 0.2) is 60.7 Å². The van der Waals surface area contributed by atoms with E-state index in [1.165, 1.54) is 11.6 Å². The van der Waals surface area contributed by atoms with E-state index in [1.807, 2.05) is 30.3 Å². The van der Waals surface area contributed by atoms with Crippen molar-refractivity contribution in [1.29, 1.82) is 0 Å². The maximum atomic E-state index is 15.2. The minimum Gasteiger partial charge on any atom is -0.493 e. The number of piperidine rings is 1. The number of ether oxygens (including phenoxy) is 1. The summed E-state index contributed by atoms with van der Waals surface area (Å²) in [6.45, 7) is 2.17. The molecule has 3 aliphatic rings. The Morgan fingerprint density at radius 2 is 1.60 bits per heavy atom. The quantitative estimate of drug-likeness (QED) is 0.231. The van der Waals surface area contributed by atoms with Crippen LogP contribution in [0, 0.1) is 17.7 Å². The zero-order valence-corrected chi connectivity index (χ0v) is 25.3. The third-order valence-corrected chi connectivity index (χ3v) is 9.25. The predicted molar refractivity (Wildman–Crippen MR) is 165 cm³/mol. The lowest BCUT2D eigenvalue weighted by atomic mass is 9.91. The van der Waals surface area contributed by atoms with E-state index in [4.69, 9.17) is 27.9 Å². The van der Waals surface area contributed by atoms with Crippen molar-refractivity contribution in [2.24, 2.45) is 11.8 Å². The van der Waals surface area contributed by atoms with Gasteiger partial charge in [-0.2, -0.15) is 0 Å². The van der Waals surface area contributed by atoms with E-state index in [1.54, 1.807) is 12.1 Å². The van der Waals surface area contributed by atoms with Crippen LogP contribution in [0.4, 0.5) is 4.39 Å². The lowest BCUT2D eigenvalue weighted by Crippen LogP contribution is -2.42. The lowest BCUT2D eigenvalue weighted by molar-refractivity contribution is -0.139. The molecule has 226 valence electrons. The normalized spacial score (nSPS) is 19.0. The Bertz CT molecular complexity index is 1470. The van der Waals surface area contributed by atoms with Gasteiger partial charge in [0.2, 0.25) is 0 Å². The van der Waals surface area contributed by atoms with Crippen LogP contribution in [0.25, 0.3) is 0 Å². The van der Waals surface area contributed by atoms with E-state index in [9.17, 15) is 14.7 Å². The van der Waals surface area contributed by atoms with Gasteiger partial charge in [-0.3, -0.25) is 9.69 Å². The van der Waals surface area contributed by atoms with Crippen LogP contribution < -0.4 is 10.1 Å². The summed E-state index contributed by atoms with van der Waals surface area (Å²) in [5.74, 6) is -1.57. The molecule has 43 heavy (non-hydrogen) atoms. The number of nitrogens with one attached hydrogen (secondary N) is 1. The number of carboxylic acid groups (broad SMARTS) is 1. The maximum absolute atomic E-state index is 15.2. The molecule has 0 bridgehead atoms. The standard InChI is InChI=1S/C34H35Cl2FN2O4/c35-25-14-24(15-26(36)16-25)32(23-4-2-1-3-5-23)39-12-10-20(11-13-39)19-43-30-18-29(37)28(17-27(30)21-6-7-21)33(40)38-31(34(41)42)22-8-9-22/h1-5,14-18,20-22,31-32H,6-13,19H2,(H,38,40)(H,41,42)/t31?,32-/m1/s1. The third-order valence-electron chi connectivity index (χ3n) is 8.81. The molecule has 2 atom stereocenters. The zero-order chi connectivity index (χ0) is 30.1. The van der Waals surface area contributed by atoms with Crippen LogP contribution in [0.5, 0.6) is 5.75 Å². The second-order valence-electron chi connectivity index (χ2n) is 12.1. The molecule has 6 nitrogen and oxygen atoms in total. The molecule has 6 rings (SSSR count). The zero-order valence-electron chi connectivity index (χ0n) is 23.8. The number of likely N-dealkylation sites (tertiary alicyclic amines) is 1. The molecule has 2 aliphatic carbocycles. The summed E-state index contributed by atoms with van der Waals surface area (Å²) in [6, 6.07) is 17.9. The first-order valence-corrected chi connectivity index (χ1v) is 15.8. The van der Waals surface area contributed by atoms with E-state index < -0.39 is 23.7 Å². The summed E-state index contributed by atoms with van der Waals surface area (Å²) in [5, 5.41) is 13.2. The number of carbonyl (C=O) groups is 2. The summed E-state index contributed by atoms with van der Waals surface area (Å²) < 4.78 is 21.4. The Kier molecular flexibility index (Phi) is 8.94. The van der Waals surface area contributed by atoms with Gasteiger partial charge in [0.1, 0.15) is 17.6 Å². The Hall–Kier alpha value is -3.13. The Balaban J connectivity index is 1.12. The number of rotatable bonds is 11. The Morgan fingerprint density at radius 1 is 0.930 bits per heavy atom. The first-order valence-electron chi connectivity index (χ1n) is 15.0. The molecule has 1 amide bonds. The number of halogens is 3. The second-order valence-corrected chi connectivity index (χ2v) is 13.0. The molecule has 1 unspecified atom stereocenters. The number of nitrogens with zero attached hydrogens (tertiary/aromatic N) is 1. The highest BCUT2D eigenvalue weighted by molar-refractivity contribution is 6.34. The van der Waals surface area contributed by atoms with Gasteiger partial charge < -0.3 is 15.2 Å². The molecule has 9 heteroatoms. The van der Waals surface area contributed by atoms with Crippen molar-refractivity contribution in [2.75, 3.05) is 19.7 Å². The van der Waals surface area contributed by atoms with Gasteiger partial charge in [-0.05, 0) is 110 Å². The number of hydrogen-bond donors (Lipinski definition) is 2. The topological polar surface area (TPSA) is 78.9 Å². The molecule has 1 aliphatic heterocycles. The van der Waals surface area contributed by atoms with Crippen molar-refractivity contribution < 1.29 is 23.8 Å². The van der Waals surface area contributed by atoms with E-state index in [2.05, 4.69) is 22.3 Å². The first-order chi connectivity index (χ1) is 20.8. The fourth-order valence-electron chi connectivity index (χ4n) is 6.18. The van der Waals surface area contributed by atoms with Gasteiger partial charge in [-0.25, -0.2) is 9.18 Å². The largest absolute Gasteiger partial charge is 0.493 e. The summed E-state index contributed by atoms with van der Waals surface area (Å²) in [7, 11) is 0. The van der Waals surface area contributed by atoms with E-state index in [0.29, 0.717) is 28.3 Å². The van der Waals surface area contributed by atoms with Crippen LogP contribution in [0.2, 0.25) is 10.0 Å². The van der Waals surface area contributed by atoms with Crippen LogP contribution in [-0.4, -0.2) is 47.6 Å². The highest BCUT2D eigenvalue weighted by atomic mass is 35.5. The molecule has 1 saturated heterocycles. The van der Waals surface area contributed by atoms with Crippen molar-refractivity contribution >= 4 is 35.1 Å². The number of carbonyl (C=O) groups excluding carboxylic acids is 1. The van der Waals surface area contributed by atoms with Gasteiger partial charge in [0, 0.05) is 16.1 Å². The SMILES string of the molecule is O=C(NC(C(=O)O)C1CC1)c1cc(C2CC2)c(OCC2CCN([C@H](c3ccccc3)c3cc(Cl)cc(Cl)c3)CC2)cc1F. The highest BCUT2D eigenvalue weighted by Crippen LogP contribution is 2.45. The number of aliphatic carboxylic acids is 1. The number of benzene rings is 3. The Labute approximate surface area is 261 Å². The van der Waals surface area contributed by atoms with Gasteiger partial charge in [0.05, 0.1) is 18.2 Å². The Morgan fingerprint density at radius 3 is 2.21 bits per heavy atom. The van der Waals surface area contributed by atoms with Gasteiger partial charge in [-0.1, -0.05) is 53.5 Å². The van der Waals surface area contributed by atoms with E-state index in [-0.39, 0.29) is 23.4 Å². The van der Waals surface area contributed by atoms with E-state index >= 15 is 4.39 Å². The van der Waals surface area contributed by atoms with Crippen molar-refractivity contribution in [3.8, 4) is 5.75 Å². The maximum Gasteiger partial charge on any atom is 0.326 e. The molecule has 0 radical (unpaired) electrons. The molecule has 0 aromatic heterocycles. The van der Waals surface area contributed by atoms with Crippen molar-refractivity contribution in [1.82, 2.24) is 10.2 Å². The van der Waals surface area contributed by atoms with Crippen molar-refractivity contribution in [3.63, 3.8) is 0 Å². The molecule has 3 aromatic rings. The average molecular weight is 626 g/mol. The van der Waals surface area contributed by atoms with Gasteiger partial charge >= 0.3 is 5.97 Å². The average Bonchev–Trinajstić information content (AvgIpc) is 3.90. The molecular weight excluding hydrogens is 590 g/mol. The minimum atomic E-state index is -1.09. The van der Waals surface area contributed by atoms with Crippen LogP contribution in [0.3, 0.4) is 0 Å². The van der Waals surface area contributed by atoms with Crippen LogP contribution >= 0.6 is 23.2 Å². The molecule has 1 heterocycles. The van der Waals surface area contributed by atoms with Crippen LogP contribution in [0.1, 0.15) is 77.5 Å². The number of carboxylic acids is 1. The molecular formula is C34H35Cl2FN2O4. The van der Waals surface area contributed by atoms with Gasteiger partial charge in [-0.15, -0.1) is 0 Å². The summed E-state index contributed by atoms with van der Waals surface area (Å²) in [6.07, 6.45) is 5.24. The van der Waals surface area contributed by atoms with Crippen LogP contribution in [-0.2, 0) is 4.79 Å². The minimum absolute atomic E-state index is 0.0224. The molecule has 3 fully saturated rings. The molecule has 0 spiro atoms. The van der Waals surface area contributed by atoms with Crippen molar-refractivity contribution in [3.05, 3.63) is 98.8 Å². The number of hydrogen-bond acceptors (Lipinski definition) is 4. The van der Waals surface area contributed by atoms with Crippen molar-refractivity contribution in [2.45, 2.75) is 56.5 Å². The second kappa shape index (κ2) is 12.8. The fourth-order valence-corrected chi connectivity index (χ4v) is 6.72. The van der Waals surface area contributed by atoms with Gasteiger partial charge in [0.25, 0.3) is 5.91 Å². The summed E-state index contributed by atoms with van der Waals surface area (Å²) in [5.41, 5.74) is 2.93. The molecule has 3 aromatic carbocycles. The van der Waals surface area contributed by atoms with Gasteiger partial charge in [0.15, 0.2) is 0 Å². The fraction of sp³-hybridized carbons (Fsp3) is 0.412. The molecule has 2 saturated carbocycles. The smallest absolute Gasteiger partial charge is 0.326 e. The number of amides is 1. The predicted octanol–water partition coefficient (Wildman–Crippen LogP) is 7.48. The first kappa shape index (κ1) is 29.9. The monoisotopic (exact) mass is 624 g/mol. The third kappa shape index (κ3) is 7.17.